The molecule has 1 fully saturated rings. The van der Waals surface area contributed by atoms with E-state index in [0.717, 1.165) is 31.7 Å². The van der Waals surface area contributed by atoms with Crippen molar-refractivity contribution in [3.63, 3.8) is 0 Å². The lowest BCUT2D eigenvalue weighted by Crippen LogP contribution is -2.51. The average molecular weight is 329 g/mol. The highest BCUT2D eigenvalue weighted by Crippen LogP contribution is 2.34. The summed E-state index contributed by atoms with van der Waals surface area (Å²) in [7, 11) is 3.21. The zero-order valence-corrected chi connectivity index (χ0v) is 14.5. The van der Waals surface area contributed by atoms with Crippen molar-refractivity contribution in [3.05, 3.63) is 23.8 Å². The van der Waals surface area contributed by atoms with Gasteiger partial charge >= 0.3 is 0 Å². The Morgan fingerprint density at radius 3 is 2.27 bits per heavy atom. The predicted molar refractivity (Wildman–Crippen MR) is 89.3 cm³/mol. The summed E-state index contributed by atoms with van der Waals surface area (Å²) in [4.78, 5) is 14.7. The van der Waals surface area contributed by atoms with Crippen LogP contribution in [-0.4, -0.2) is 51.2 Å². The van der Waals surface area contributed by atoms with Gasteiger partial charge in [-0.2, -0.15) is 0 Å². The van der Waals surface area contributed by atoms with E-state index in [2.05, 4.69) is 5.32 Å². The van der Waals surface area contributed by atoms with E-state index in [0.29, 0.717) is 11.5 Å². The van der Waals surface area contributed by atoms with Crippen LogP contribution in [0.5, 0.6) is 11.5 Å². The van der Waals surface area contributed by atoms with Crippen LogP contribution in [0.25, 0.3) is 0 Å². The first-order valence-electron chi connectivity index (χ1n) is 7.23. The summed E-state index contributed by atoms with van der Waals surface area (Å²) >= 11 is 0. The van der Waals surface area contributed by atoms with Gasteiger partial charge in [-0.15, -0.1) is 12.4 Å². The van der Waals surface area contributed by atoms with Gasteiger partial charge < -0.3 is 19.7 Å². The molecule has 0 aliphatic carbocycles. The SMILES string of the molecule is COc1ccc(C(C)(C)C(=O)N2CCNCC2)cc1OC.Cl. The van der Waals surface area contributed by atoms with Crippen molar-refractivity contribution < 1.29 is 14.3 Å². The van der Waals surface area contributed by atoms with Crippen molar-refractivity contribution in [1.82, 2.24) is 10.2 Å². The van der Waals surface area contributed by atoms with E-state index in [1.54, 1.807) is 14.2 Å². The molecule has 1 amide bonds. The minimum atomic E-state index is -0.586. The fourth-order valence-corrected chi connectivity index (χ4v) is 2.61. The summed E-state index contributed by atoms with van der Waals surface area (Å²) < 4.78 is 10.6. The molecule has 1 saturated heterocycles. The van der Waals surface area contributed by atoms with Crippen LogP contribution in [-0.2, 0) is 10.2 Å². The van der Waals surface area contributed by atoms with Crippen molar-refractivity contribution in [2.45, 2.75) is 19.3 Å². The molecular formula is C16H25ClN2O3. The number of hydrogen-bond acceptors (Lipinski definition) is 4. The third-order valence-electron chi connectivity index (χ3n) is 4.04. The van der Waals surface area contributed by atoms with Crippen molar-refractivity contribution in [2.24, 2.45) is 0 Å². The molecule has 0 bridgehead atoms. The van der Waals surface area contributed by atoms with Crippen LogP contribution in [0.2, 0.25) is 0 Å². The van der Waals surface area contributed by atoms with Gasteiger partial charge in [-0.05, 0) is 31.5 Å². The van der Waals surface area contributed by atoms with Crippen LogP contribution in [0.3, 0.4) is 0 Å². The van der Waals surface area contributed by atoms with Gasteiger partial charge in [-0.3, -0.25) is 4.79 Å². The first-order valence-corrected chi connectivity index (χ1v) is 7.23. The van der Waals surface area contributed by atoms with E-state index >= 15 is 0 Å². The maximum Gasteiger partial charge on any atom is 0.232 e. The second-order valence-electron chi connectivity index (χ2n) is 5.74. The summed E-state index contributed by atoms with van der Waals surface area (Å²) in [6.07, 6.45) is 0. The summed E-state index contributed by atoms with van der Waals surface area (Å²) in [5.41, 5.74) is 0.348. The van der Waals surface area contributed by atoms with E-state index in [9.17, 15) is 4.79 Å². The fraction of sp³-hybridized carbons (Fsp3) is 0.562. The third-order valence-corrected chi connectivity index (χ3v) is 4.04. The first kappa shape index (κ1) is 18.6. The number of nitrogens with zero attached hydrogens (tertiary/aromatic N) is 1. The van der Waals surface area contributed by atoms with Gasteiger partial charge in [-0.1, -0.05) is 6.07 Å². The van der Waals surface area contributed by atoms with Crippen molar-refractivity contribution >= 4 is 18.3 Å². The highest BCUT2D eigenvalue weighted by molar-refractivity contribution is 5.87. The molecular weight excluding hydrogens is 304 g/mol. The van der Waals surface area contributed by atoms with Crippen molar-refractivity contribution in [3.8, 4) is 11.5 Å². The monoisotopic (exact) mass is 328 g/mol. The number of benzene rings is 1. The smallest absolute Gasteiger partial charge is 0.232 e. The van der Waals surface area contributed by atoms with E-state index in [1.165, 1.54) is 0 Å². The summed E-state index contributed by atoms with van der Waals surface area (Å²) in [6.45, 7) is 7.14. The molecule has 1 aromatic carbocycles. The molecule has 0 saturated carbocycles. The first-order chi connectivity index (χ1) is 10.0. The standard InChI is InChI=1S/C16H24N2O3.ClH/c1-16(2,15(19)18-9-7-17-8-10-18)12-5-6-13(20-3)14(11-12)21-4;/h5-6,11,17H,7-10H2,1-4H3;1H. The molecule has 0 unspecified atom stereocenters. The van der Waals surface area contributed by atoms with Gasteiger partial charge in [0.2, 0.25) is 5.91 Å². The normalized spacial score (nSPS) is 15.0. The van der Waals surface area contributed by atoms with Crippen LogP contribution in [0.4, 0.5) is 0 Å². The molecule has 0 spiro atoms. The van der Waals surface area contributed by atoms with Crippen LogP contribution in [0, 0.1) is 0 Å². The number of ether oxygens (including phenoxy) is 2. The van der Waals surface area contributed by atoms with Gasteiger partial charge in [-0.25, -0.2) is 0 Å². The predicted octanol–water partition coefficient (Wildman–Crippen LogP) is 1.83. The number of methoxy groups -OCH3 is 2. The second kappa shape index (κ2) is 7.70. The highest BCUT2D eigenvalue weighted by Gasteiger charge is 2.34. The Bertz CT molecular complexity index is 514. The molecule has 2 rings (SSSR count). The van der Waals surface area contributed by atoms with Gasteiger partial charge in [0.15, 0.2) is 11.5 Å². The number of piperazine rings is 1. The van der Waals surface area contributed by atoms with Crippen molar-refractivity contribution in [2.75, 3.05) is 40.4 Å². The summed E-state index contributed by atoms with van der Waals surface area (Å²) in [5, 5.41) is 3.26. The minimum Gasteiger partial charge on any atom is -0.493 e. The summed E-state index contributed by atoms with van der Waals surface area (Å²) in [5.74, 6) is 1.47. The van der Waals surface area contributed by atoms with Crippen LogP contribution >= 0.6 is 12.4 Å². The molecule has 124 valence electrons. The molecule has 0 aromatic heterocycles. The summed E-state index contributed by atoms with van der Waals surface area (Å²) in [6, 6.07) is 5.67. The molecule has 1 N–H and O–H groups in total. The number of nitrogens with one attached hydrogen (secondary N) is 1. The van der Waals surface area contributed by atoms with Crippen molar-refractivity contribution in [1.29, 1.82) is 0 Å². The molecule has 1 heterocycles. The Morgan fingerprint density at radius 2 is 1.73 bits per heavy atom. The molecule has 1 aliphatic rings. The van der Waals surface area contributed by atoms with Crippen LogP contribution in [0.1, 0.15) is 19.4 Å². The number of carbonyl (C=O) groups excluding carboxylic acids is 1. The zero-order valence-electron chi connectivity index (χ0n) is 13.6. The van der Waals surface area contributed by atoms with E-state index in [4.69, 9.17) is 9.47 Å². The van der Waals surface area contributed by atoms with Crippen LogP contribution < -0.4 is 14.8 Å². The van der Waals surface area contributed by atoms with Crippen LogP contribution in [0.15, 0.2) is 18.2 Å². The molecule has 5 nitrogen and oxygen atoms in total. The number of amides is 1. The number of carbonyl (C=O) groups is 1. The molecule has 22 heavy (non-hydrogen) atoms. The number of rotatable bonds is 4. The highest BCUT2D eigenvalue weighted by atomic mass is 35.5. The lowest BCUT2D eigenvalue weighted by atomic mass is 9.82. The average Bonchev–Trinajstić information content (AvgIpc) is 2.54. The van der Waals surface area contributed by atoms with Gasteiger partial charge in [0.05, 0.1) is 19.6 Å². The largest absolute Gasteiger partial charge is 0.493 e. The third kappa shape index (κ3) is 3.65. The Hall–Kier alpha value is -1.46. The molecule has 0 radical (unpaired) electrons. The Kier molecular flexibility index (Phi) is 6.50. The molecule has 6 heteroatoms. The lowest BCUT2D eigenvalue weighted by Gasteiger charge is -2.35. The second-order valence-corrected chi connectivity index (χ2v) is 5.74. The minimum absolute atomic E-state index is 0. The van der Waals surface area contributed by atoms with Gasteiger partial charge in [0.25, 0.3) is 0 Å². The Morgan fingerprint density at radius 1 is 1.14 bits per heavy atom. The lowest BCUT2D eigenvalue weighted by molar-refractivity contribution is -0.136. The van der Waals surface area contributed by atoms with E-state index in [1.807, 2.05) is 36.9 Å². The molecule has 1 aromatic rings. The molecule has 0 atom stereocenters. The maximum atomic E-state index is 12.8. The van der Waals surface area contributed by atoms with Gasteiger partial charge in [0, 0.05) is 26.2 Å². The molecule has 1 aliphatic heterocycles. The Balaban J connectivity index is 0.00000242. The van der Waals surface area contributed by atoms with E-state index in [-0.39, 0.29) is 18.3 Å². The maximum absolute atomic E-state index is 12.8. The number of hydrogen-bond donors (Lipinski definition) is 1. The zero-order chi connectivity index (χ0) is 15.5. The van der Waals surface area contributed by atoms with E-state index < -0.39 is 5.41 Å². The quantitative estimate of drug-likeness (QED) is 0.916. The fourth-order valence-electron chi connectivity index (χ4n) is 2.61. The Labute approximate surface area is 138 Å². The van der Waals surface area contributed by atoms with Gasteiger partial charge in [0.1, 0.15) is 0 Å². The number of halogens is 1. The topological polar surface area (TPSA) is 50.8 Å².